The Morgan fingerprint density at radius 3 is 1.70 bits per heavy atom. The van der Waals surface area contributed by atoms with Crippen molar-refractivity contribution in [1.82, 2.24) is 5.32 Å². The molecule has 248 valence electrons. The number of esters is 1. The summed E-state index contributed by atoms with van der Waals surface area (Å²) < 4.78 is 36.9. The Hall–Kier alpha value is -3.76. The number of rotatable bonds is 14. The summed E-state index contributed by atoms with van der Waals surface area (Å²) in [5, 5.41) is 2.93. The average Bonchev–Trinajstić information content (AvgIpc) is 3.38. The Balaban J connectivity index is 1.69. The quantitative estimate of drug-likeness (QED) is 0.209. The molecule has 4 rings (SSSR count). The van der Waals surface area contributed by atoms with Gasteiger partial charge in [-0.25, -0.2) is 4.79 Å². The van der Waals surface area contributed by atoms with E-state index in [-0.39, 0.29) is 13.2 Å². The SMILES string of the molecule is COC(=O)C(C)(C)[C@@H](NC(=O)OC(C)(C)C)[C@@H]1O[C@H](COCc2ccccc2)[C@@H](OCc2ccccc2)[C@H]1OCc1ccccc1. The summed E-state index contributed by atoms with van der Waals surface area (Å²) in [6.45, 7) is 9.86. The van der Waals surface area contributed by atoms with Gasteiger partial charge in [-0.2, -0.15) is 0 Å². The van der Waals surface area contributed by atoms with Crippen LogP contribution in [0, 0.1) is 5.41 Å². The maximum absolute atomic E-state index is 13.2. The third-order valence-corrected chi connectivity index (χ3v) is 7.80. The molecule has 1 heterocycles. The minimum atomic E-state index is -1.24. The van der Waals surface area contributed by atoms with Gasteiger partial charge in [-0.15, -0.1) is 0 Å². The van der Waals surface area contributed by atoms with E-state index in [0.29, 0.717) is 13.2 Å². The second kappa shape index (κ2) is 16.2. The summed E-state index contributed by atoms with van der Waals surface area (Å²) >= 11 is 0. The topological polar surface area (TPSA) is 102 Å². The van der Waals surface area contributed by atoms with Crippen molar-refractivity contribution in [3.63, 3.8) is 0 Å². The molecule has 1 amide bonds. The van der Waals surface area contributed by atoms with Gasteiger partial charge in [-0.3, -0.25) is 4.79 Å². The fourth-order valence-corrected chi connectivity index (χ4v) is 5.45. The van der Waals surface area contributed by atoms with E-state index < -0.39 is 53.5 Å². The second-order valence-electron chi connectivity index (χ2n) is 13.0. The first-order valence-corrected chi connectivity index (χ1v) is 15.6. The molecule has 0 unspecified atom stereocenters. The molecule has 0 radical (unpaired) electrons. The number of alkyl carbamates (subject to hydrolysis) is 1. The van der Waals surface area contributed by atoms with Crippen LogP contribution in [0.15, 0.2) is 91.0 Å². The van der Waals surface area contributed by atoms with Crippen molar-refractivity contribution in [3.05, 3.63) is 108 Å². The Bertz CT molecular complexity index is 1360. The van der Waals surface area contributed by atoms with Crippen molar-refractivity contribution in [2.75, 3.05) is 13.7 Å². The average molecular weight is 634 g/mol. The summed E-state index contributed by atoms with van der Waals surface area (Å²) in [5.74, 6) is -0.524. The van der Waals surface area contributed by atoms with Crippen LogP contribution in [0.4, 0.5) is 4.79 Å². The van der Waals surface area contributed by atoms with Crippen LogP contribution in [0.25, 0.3) is 0 Å². The van der Waals surface area contributed by atoms with E-state index in [9.17, 15) is 9.59 Å². The molecule has 0 aromatic heterocycles. The number of hydrogen-bond acceptors (Lipinski definition) is 8. The van der Waals surface area contributed by atoms with Crippen LogP contribution in [0.2, 0.25) is 0 Å². The van der Waals surface area contributed by atoms with E-state index in [2.05, 4.69) is 5.32 Å². The molecule has 9 heteroatoms. The van der Waals surface area contributed by atoms with Gasteiger partial charge < -0.3 is 33.7 Å². The predicted molar refractivity (Wildman–Crippen MR) is 174 cm³/mol. The monoisotopic (exact) mass is 633 g/mol. The Labute approximate surface area is 272 Å². The van der Waals surface area contributed by atoms with Crippen LogP contribution in [-0.2, 0) is 53.0 Å². The molecule has 5 atom stereocenters. The molecule has 0 saturated carbocycles. The zero-order chi connectivity index (χ0) is 33.2. The number of amides is 1. The van der Waals surface area contributed by atoms with E-state index in [0.717, 1.165) is 16.7 Å². The molecule has 1 aliphatic rings. The highest BCUT2D eigenvalue weighted by Crippen LogP contribution is 2.37. The normalized spacial score (nSPS) is 20.6. The number of hydrogen-bond donors (Lipinski definition) is 1. The molecule has 0 aliphatic carbocycles. The zero-order valence-electron chi connectivity index (χ0n) is 27.6. The highest BCUT2D eigenvalue weighted by Gasteiger charge is 2.55. The summed E-state index contributed by atoms with van der Waals surface area (Å²) in [7, 11) is 1.32. The van der Waals surface area contributed by atoms with Gasteiger partial charge in [0.15, 0.2) is 0 Å². The Morgan fingerprint density at radius 2 is 1.22 bits per heavy atom. The Morgan fingerprint density at radius 1 is 0.739 bits per heavy atom. The van der Waals surface area contributed by atoms with Gasteiger partial charge in [0.1, 0.15) is 30.0 Å². The molecule has 1 saturated heterocycles. The number of carbonyl (C=O) groups is 2. The number of ether oxygens (including phenoxy) is 6. The van der Waals surface area contributed by atoms with Crippen LogP contribution in [0.3, 0.4) is 0 Å². The van der Waals surface area contributed by atoms with Crippen molar-refractivity contribution in [1.29, 1.82) is 0 Å². The van der Waals surface area contributed by atoms with Crippen LogP contribution in [0.5, 0.6) is 0 Å². The van der Waals surface area contributed by atoms with Crippen LogP contribution in [-0.4, -0.2) is 61.8 Å². The molecular weight excluding hydrogens is 586 g/mol. The lowest BCUT2D eigenvalue weighted by Crippen LogP contribution is -2.59. The first-order chi connectivity index (χ1) is 22.0. The third-order valence-electron chi connectivity index (χ3n) is 7.80. The van der Waals surface area contributed by atoms with E-state index in [1.54, 1.807) is 34.6 Å². The van der Waals surface area contributed by atoms with Crippen LogP contribution in [0.1, 0.15) is 51.3 Å². The summed E-state index contributed by atoms with van der Waals surface area (Å²) in [6, 6.07) is 28.5. The Kier molecular flexibility index (Phi) is 12.3. The van der Waals surface area contributed by atoms with Crippen LogP contribution >= 0.6 is 0 Å². The van der Waals surface area contributed by atoms with Crippen molar-refractivity contribution >= 4 is 12.1 Å². The van der Waals surface area contributed by atoms with Crippen LogP contribution < -0.4 is 5.32 Å². The standard InChI is InChI=1S/C37H47NO8/c1-36(2,3)46-35(40)38-33(37(4,5)34(39)41-6)32-31(44-24-28-20-14-9-15-21-28)30(43-23-27-18-12-8-13-19-27)29(45-32)25-42-22-26-16-10-7-11-17-26/h7-21,29-33H,22-25H2,1-6H3,(H,38,40)/t29-,30-,31-,32-,33+/m1/s1. The summed E-state index contributed by atoms with van der Waals surface area (Å²) in [6.07, 6.45) is -3.43. The molecule has 46 heavy (non-hydrogen) atoms. The van der Waals surface area contributed by atoms with Crippen molar-refractivity contribution in [2.45, 2.75) is 90.5 Å². The first-order valence-electron chi connectivity index (χ1n) is 15.6. The predicted octanol–water partition coefficient (Wildman–Crippen LogP) is 6.23. The lowest BCUT2D eigenvalue weighted by atomic mass is 9.79. The molecule has 3 aromatic rings. The van der Waals surface area contributed by atoms with Gasteiger partial charge in [0.2, 0.25) is 0 Å². The maximum Gasteiger partial charge on any atom is 0.407 e. The van der Waals surface area contributed by atoms with Crippen molar-refractivity contribution in [3.8, 4) is 0 Å². The number of methoxy groups -OCH3 is 1. The molecular formula is C37H47NO8. The first kappa shape index (κ1) is 35.1. The summed E-state index contributed by atoms with van der Waals surface area (Å²) in [4.78, 5) is 26.5. The maximum atomic E-state index is 13.2. The van der Waals surface area contributed by atoms with Gasteiger partial charge in [0.05, 0.1) is 45.0 Å². The molecule has 3 aromatic carbocycles. The number of benzene rings is 3. The zero-order valence-corrected chi connectivity index (χ0v) is 27.6. The minimum Gasteiger partial charge on any atom is -0.469 e. The highest BCUT2D eigenvalue weighted by molar-refractivity contribution is 5.78. The number of nitrogens with one attached hydrogen (secondary N) is 1. The smallest absolute Gasteiger partial charge is 0.407 e. The van der Waals surface area contributed by atoms with Gasteiger partial charge in [-0.1, -0.05) is 91.0 Å². The molecule has 9 nitrogen and oxygen atoms in total. The van der Waals surface area contributed by atoms with Gasteiger partial charge in [0, 0.05) is 0 Å². The van der Waals surface area contributed by atoms with E-state index in [4.69, 9.17) is 28.4 Å². The molecule has 1 N–H and O–H groups in total. The van der Waals surface area contributed by atoms with Gasteiger partial charge >= 0.3 is 12.1 Å². The summed E-state index contributed by atoms with van der Waals surface area (Å²) in [5.41, 5.74) is 0.950. The fraction of sp³-hybridized carbons (Fsp3) is 0.459. The molecule has 0 bridgehead atoms. The fourth-order valence-electron chi connectivity index (χ4n) is 5.45. The van der Waals surface area contributed by atoms with E-state index in [1.165, 1.54) is 7.11 Å². The second-order valence-corrected chi connectivity index (χ2v) is 13.0. The minimum absolute atomic E-state index is 0.188. The van der Waals surface area contributed by atoms with E-state index in [1.807, 2.05) is 91.0 Å². The van der Waals surface area contributed by atoms with Crippen molar-refractivity contribution in [2.24, 2.45) is 5.41 Å². The largest absolute Gasteiger partial charge is 0.469 e. The lowest BCUT2D eigenvalue weighted by molar-refractivity contribution is -0.157. The molecule has 1 aliphatic heterocycles. The van der Waals surface area contributed by atoms with Crippen molar-refractivity contribution < 1.29 is 38.0 Å². The highest BCUT2D eigenvalue weighted by atomic mass is 16.6. The van der Waals surface area contributed by atoms with Gasteiger partial charge in [-0.05, 0) is 51.3 Å². The number of carbonyl (C=O) groups excluding carboxylic acids is 2. The van der Waals surface area contributed by atoms with E-state index >= 15 is 0 Å². The lowest BCUT2D eigenvalue weighted by Gasteiger charge is -2.38. The van der Waals surface area contributed by atoms with Gasteiger partial charge in [0.25, 0.3) is 0 Å². The third kappa shape index (κ3) is 9.87. The molecule has 1 fully saturated rings. The molecule has 0 spiro atoms.